The Morgan fingerprint density at radius 2 is 1.83 bits per heavy atom. The van der Waals surface area contributed by atoms with Gasteiger partial charge in [0.05, 0.1) is 0 Å². The van der Waals surface area contributed by atoms with Gasteiger partial charge in [-0.25, -0.2) is 0 Å². The van der Waals surface area contributed by atoms with Gasteiger partial charge in [0, 0.05) is 6.54 Å². The zero-order chi connectivity index (χ0) is 12.8. The Labute approximate surface area is 111 Å². The molecule has 0 unspecified atom stereocenters. The van der Waals surface area contributed by atoms with Crippen LogP contribution in [0, 0.1) is 5.41 Å². The normalized spacial score (nSPS) is 19.9. The van der Waals surface area contributed by atoms with Crippen molar-refractivity contribution in [3.05, 3.63) is 35.9 Å². The molecule has 1 aliphatic heterocycles. The highest BCUT2D eigenvalue weighted by Gasteiger charge is 2.27. The van der Waals surface area contributed by atoms with E-state index >= 15 is 0 Å². The van der Waals surface area contributed by atoms with E-state index in [1.807, 2.05) is 0 Å². The first-order chi connectivity index (χ1) is 8.68. The summed E-state index contributed by atoms with van der Waals surface area (Å²) < 4.78 is 0. The topological polar surface area (TPSA) is 15.3 Å². The molecule has 1 fully saturated rings. The molecule has 0 amide bonds. The molecule has 0 saturated carbocycles. The third-order valence-corrected chi connectivity index (χ3v) is 4.18. The number of likely N-dealkylation sites (tertiary alicyclic amines) is 1. The average molecular weight is 246 g/mol. The molecule has 1 aromatic rings. The highest BCUT2D eigenvalue weighted by molar-refractivity contribution is 5.14. The fourth-order valence-electron chi connectivity index (χ4n) is 2.60. The van der Waals surface area contributed by atoms with Crippen molar-refractivity contribution in [3.63, 3.8) is 0 Å². The lowest BCUT2D eigenvalue weighted by Gasteiger charge is -2.38. The molecule has 1 saturated heterocycles. The molecular formula is C16H26N2. The third-order valence-electron chi connectivity index (χ3n) is 4.18. The lowest BCUT2D eigenvalue weighted by molar-refractivity contribution is 0.137. The molecule has 2 rings (SSSR count). The van der Waals surface area contributed by atoms with Crippen molar-refractivity contribution < 1.29 is 0 Å². The summed E-state index contributed by atoms with van der Waals surface area (Å²) in [4.78, 5) is 2.44. The Morgan fingerprint density at radius 1 is 1.17 bits per heavy atom. The Morgan fingerprint density at radius 3 is 2.50 bits per heavy atom. The van der Waals surface area contributed by atoms with Crippen LogP contribution in [-0.4, -0.2) is 38.1 Å². The van der Waals surface area contributed by atoms with Gasteiger partial charge in [-0.05, 0) is 56.9 Å². The number of hydrogen-bond acceptors (Lipinski definition) is 2. The SMILES string of the molecule is CN1CCC(C)(CNCCc2ccccc2)CC1. The molecule has 1 N–H and O–H groups in total. The van der Waals surface area contributed by atoms with E-state index in [4.69, 9.17) is 0 Å². The van der Waals surface area contributed by atoms with Gasteiger partial charge in [-0.3, -0.25) is 0 Å². The van der Waals surface area contributed by atoms with E-state index in [1.165, 1.54) is 31.5 Å². The fraction of sp³-hybridized carbons (Fsp3) is 0.625. The minimum absolute atomic E-state index is 0.503. The van der Waals surface area contributed by atoms with Gasteiger partial charge in [0.2, 0.25) is 0 Å². The van der Waals surface area contributed by atoms with Crippen LogP contribution in [0.25, 0.3) is 0 Å². The van der Waals surface area contributed by atoms with Crippen LogP contribution in [-0.2, 0) is 6.42 Å². The van der Waals surface area contributed by atoms with Crippen molar-refractivity contribution in [1.82, 2.24) is 10.2 Å². The highest BCUT2D eigenvalue weighted by Crippen LogP contribution is 2.29. The lowest BCUT2D eigenvalue weighted by atomic mass is 9.80. The first-order valence-electron chi connectivity index (χ1n) is 7.11. The van der Waals surface area contributed by atoms with Crippen LogP contribution in [0.4, 0.5) is 0 Å². The number of piperidine rings is 1. The Bertz CT molecular complexity index is 339. The van der Waals surface area contributed by atoms with Crippen LogP contribution in [0.1, 0.15) is 25.3 Å². The van der Waals surface area contributed by atoms with Crippen molar-refractivity contribution in [2.24, 2.45) is 5.41 Å². The fourth-order valence-corrected chi connectivity index (χ4v) is 2.60. The van der Waals surface area contributed by atoms with Crippen molar-refractivity contribution in [2.75, 3.05) is 33.2 Å². The van der Waals surface area contributed by atoms with E-state index in [9.17, 15) is 0 Å². The van der Waals surface area contributed by atoms with Crippen molar-refractivity contribution in [3.8, 4) is 0 Å². The van der Waals surface area contributed by atoms with Gasteiger partial charge in [0.1, 0.15) is 0 Å². The van der Waals surface area contributed by atoms with Crippen molar-refractivity contribution >= 4 is 0 Å². The lowest BCUT2D eigenvalue weighted by Crippen LogP contribution is -2.42. The van der Waals surface area contributed by atoms with E-state index in [1.54, 1.807) is 0 Å². The van der Waals surface area contributed by atoms with E-state index in [-0.39, 0.29) is 0 Å². The largest absolute Gasteiger partial charge is 0.316 e. The minimum Gasteiger partial charge on any atom is -0.316 e. The first kappa shape index (κ1) is 13.6. The Kier molecular flexibility index (Phi) is 4.79. The van der Waals surface area contributed by atoms with Gasteiger partial charge in [0.25, 0.3) is 0 Å². The van der Waals surface area contributed by atoms with E-state index in [0.717, 1.165) is 19.5 Å². The summed E-state index contributed by atoms with van der Waals surface area (Å²) in [5, 5.41) is 3.64. The second-order valence-corrected chi connectivity index (χ2v) is 6.03. The maximum Gasteiger partial charge on any atom is 0.000624 e. The van der Waals surface area contributed by atoms with Crippen LogP contribution in [0.15, 0.2) is 30.3 Å². The monoisotopic (exact) mass is 246 g/mol. The van der Waals surface area contributed by atoms with Crippen LogP contribution in [0.2, 0.25) is 0 Å². The van der Waals surface area contributed by atoms with Gasteiger partial charge in [-0.1, -0.05) is 37.3 Å². The standard InChI is InChI=1S/C16H26N2/c1-16(9-12-18(2)13-10-16)14-17-11-8-15-6-4-3-5-7-15/h3-7,17H,8-14H2,1-2H3. The van der Waals surface area contributed by atoms with Gasteiger partial charge in [0.15, 0.2) is 0 Å². The molecule has 0 bridgehead atoms. The maximum atomic E-state index is 3.64. The highest BCUT2D eigenvalue weighted by atomic mass is 15.1. The van der Waals surface area contributed by atoms with Crippen LogP contribution >= 0.6 is 0 Å². The molecule has 100 valence electrons. The molecular weight excluding hydrogens is 220 g/mol. The number of benzene rings is 1. The molecule has 2 heteroatoms. The summed E-state index contributed by atoms with van der Waals surface area (Å²) in [6.45, 7) is 7.17. The van der Waals surface area contributed by atoms with E-state index in [2.05, 4.69) is 54.5 Å². The zero-order valence-electron chi connectivity index (χ0n) is 11.8. The van der Waals surface area contributed by atoms with Crippen molar-refractivity contribution in [2.45, 2.75) is 26.2 Å². The van der Waals surface area contributed by atoms with Gasteiger partial charge in [-0.15, -0.1) is 0 Å². The van der Waals surface area contributed by atoms with Crippen LogP contribution in [0.3, 0.4) is 0 Å². The smallest absolute Gasteiger partial charge is 0.000624 e. The summed E-state index contributed by atoms with van der Waals surface area (Å²) in [5.41, 5.74) is 1.93. The van der Waals surface area contributed by atoms with Gasteiger partial charge in [-0.2, -0.15) is 0 Å². The van der Waals surface area contributed by atoms with Crippen LogP contribution < -0.4 is 5.32 Å². The molecule has 0 aromatic heterocycles. The molecule has 0 radical (unpaired) electrons. The molecule has 1 heterocycles. The van der Waals surface area contributed by atoms with Gasteiger partial charge >= 0.3 is 0 Å². The van der Waals surface area contributed by atoms with Gasteiger partial charge < -0.3 is 10.2 Å². The summed E-state index contributed by atoms with van der Waals surface area (Å²) in [5.74, 6) is 0. The summed E-state index contributed by atoms with van der Waals surface area (Å²) >= 11 is 0. The molecule has 0 aliphatic carbocycles. The Hall–Kier alpha value is -0.860. The predicted molar refractivity (Wildman–Crippen MR) is 77.9 cm³/mol. The number of hydrogen-bond donors (Lipinski definition) is 1. The third kappa shape index (κ3) is 4.11. The second-order valence-electron chi connectivity index (χ2n) is 6.03. The predicted octanol–water partition coefficient (Wildman–Crippen LogP) is 2.55. The molecule has 1 aliphatic rings. The number of rotatable bonds is 5. The van der Waals surface area contributed by atoms with Crippen LogP contribution in [0.5, 0.6) is 0 Å². The van der Waals surface area contributed by atoms with E-state index < -0.39 is 0 Å². The molecule has 0 atom stereocenters. The summed E-state index contributed by atoms with van der Waals surface area (Å²) in [7, 11) is 2.22. The maximum absolute atomic E-state index is 3.64. The Balaban J connectivity index is 1.66. The average Bonchev–Trinajstić information content (AvgIpc) is 2.40. The summed E-state index contributed by atoms with van der Waals surface area (Å²) in [6, 6.07) is 10.7. The summed E-state index contributed by atoms with van der Waals surface area (Å²) in [6.07, 6.45) is 3.78. The second kappa shape index (κ2) is 6.35. The molecule has 0 spiro atoms. The first-order valence-corrected chi connectivity index (χ1v) is 7.11. The minimum atomic E-state index is 0.503. The molecule has 1 aromatic carbocycles. The quantitative estimate of drug-likeness (QED) is 0.803. The molecule has 18 heavy (non-hydrogen) atoms. The number of nitrogens with zero attached hydrogens (tertiary/aromatic N) is 1. The molecule has 2 nitrogen and oxygen atoms in total. The number of nitrogens with one attached hydrogen (secondary N) is 1. The zero-order valence-corrected chi connectivity index (χ0v) is 11.8. The van der Waals surface area contributed by atoms with E-state index in [0.29, 0.717) is 5.41 Å². The van der Waals surface area contributed by atoms with Crippen molar-refractivity contribution in [1.29, 1.82) is 0 Å².